The molecule has 0 amide bonds. The SMILES string of the molecule is CC(C)(c1cccc(-c2ccc(F)nc2F)n1)c1ccn(-c2ccc3oc4ccccc4c3c2)n1. The molecule has 0 fully saturated rings. The van der Waals surface area contributed by atoms with E-state index in [9.17, 15) is 8.78 Å². The monoisotopic (exact) mass is 466 g/mol. The average molecular weight is 466 g/mol. The Labute approximate surface area is 199 Å². The highest BCUT2D eigenvalue weighted by molar-refractivity contribution is 6.05. The number of hydrogen-bond donors (Lipinski definition) is 0. The van der Waals surface area contributed by atoms with Gasteiger partial charge in [0.25, 0.3) is 0 Å². The van der Waals surface area contributed by atoms with E-state index in [2.05, 4.69) is 16.0 Å². The lowest BCUT2D eigenvalue weighted by atomic mass is 9.85. The Bertz CT molecular complexity index is 1720. The van der Waals surface area contributed by atoms with Gasteiger partial charge in [0.05, 0.1) is 33.7 Å². The third-order valence-electron chi connectivity index (χ3n) is 6.33. The van der Waals surface area contributed by atoms with Crippen LogP contribution < -0.4 is 0 Å². The molecule has 4 aromatic heterocycles. The zero-order chi connectivity index (χ0) is 24.2. The molecule has 0 aliphatic rings. The Kier molecular flexibility index (Phi) is 4.74. The molecular weight excluding hydrogens is 446 g/mol. The fourth-order valence-corrected chi connectivity index (χ4v) is 4.32. The quantitative estimate of drug-likeness (QED) is 0.267. The van der Waals surface area contributed by atoms with Crippen LogP contribution in [0.15, 0.2) is 89.5 Å². The number of fused-ring (bicyclic) bond motifs is 3. The third kappa shape index (κ3) is 3.56. The second-order valence-electron chi connectivity index (χ2n) is 8.93. The van der Waals surface area contributed by atoms with Crippen LogP contribution in [0.5, 0.6) is 0 Å². The van der Waals surface area contributed by atoms with Crippen molar-refractivity contribution >= 4 is 21.9 Å². The predicted octanol–water partition coefficient (Wildman–Crippen LogP) is 6.83. The van der Waals surface area contributed by atoms with Gasteiger partial charge in [-0.05, 0) is 68.4 Å². The molecule has 4 heterocycles. The molecule has 0 N–H and O–H groups in total. The van der Waals surface area contributed by atoms with Crippen molar-refractivity contribution in [2.24, 2.45) is 0 Å². The van der Waals surface area contributed by atoms with Crippen molar-refractivity contribution in [2.75, 3.05) is 0 Å². The first-order chi connectivity index (χ1) is 16.9. The van der Waals surface area contributed by atoms with Crippen LogP contribution in [-0.4, -0.2) is 19.7 Å². The molecule has 6 rings (SSSR count). The molecular formula is C28H20F2N4O. The number of nitrogens with zero attached hydrogens (tertiary/aromatic N) is 4. The summed E-state index contributed by atoms with van der Waals surface area (Å²) in [5.74, 6) is -1.76. The van der Waals surface area contributed by atoms with Crippen molar-refractivity contribution in [3.8, 4) is 16.9 Å². The number of para-hydroxylation sites is 1. The second kappa shape index (κ2) is 7.84. The molecule has 5 nitrogen and oxygen atoms in total. The lowest BCUT2D eigenvalue weighted by molar-refractivity contribution is 0.514. The number of rotatable bonds is 4. The number of pyridine rings is 2. The Morgan fingerprint density at radius 2 is 1.60 bits per heavy atom. The summed E-state index contributed by atoms with van der Waals surface area (Å²) < 4.78 is 35.3. The largest absolute Gasteiger partial charge is 0.456 e. The van der Waals surface area contributed by atoms with Gasteiger partial charge in [-0.25, -0.2) is 4.68 Å². The molecule has 0 saturated heterocycles. The smallest absolute Gasteiger partial charge is 0.224 e. The molecule has 2 aromatic carbocycles. The molecule has 172 valence electrons. The van der Waals surface area contributed by atoms with Crippen LogP contribution in [-0.2, 0) is 5.41 Å². The maximum Gasteiger partial charge on any atom is 0.224 e. The summed E-state index contributed by atoms with van der Waals surface area (Å²) in [6.07, 6.45) is 1.91. The number of hydrogen-bond acceptors (Lipinski definition) is 4. The van der Waals surface area contributed by atoms with Gasteiger partial charge >= 0.3 is 0 Å². The van der Waals surface area contributed by atoms with Gasteiger partial charge in [0, 0.05) is 17.0 Å². The van der Waals surface area contributed by atoms with Crippen LogP contribution in [0.4, 0.5) is 8.78 Å². The van der Waals surface area contributed by atoms with E-state index in [0.29, 0.717) is 11.4 Å². The molecule has 0 radical (unpaired) electrons. The zero-order valence-electron chi connectivity index (χ0n) is 19.0. The Balaban J connectivity index is 1.37. The van der Waals surface area contributed by atoms with Gasteiger partial charge in [0.2, 0.25) is 11.9 Å². The molecule has 0 bridgehead atoms. The molecule has 35 heavy (non-hydrogen) atoms. The van der Waals surface area contributed by atoms with E-state index < -0.39 is 17.3 Å². The molecule has 7 heteroatoms. The molecule has 0 spiro atoms. The first-order valence-electron chi connectivity index (χ1n) is 11.2. The maximum absolute atomic E-state index is 14.3. The summed E-state index contributed by atoms with van der Waals surface area (Å²) in [6.45, 7) is 4.02. The minimum Gasteiger partial charge on any atom is -0.456 e. The molecule has 0 aliphatic heterocycles. The topological polar surface area (TPSA) is 56.7 Å². The van der Waals surface area contributed by atoms with Crippen molar-refractivity contribution in [1.29, 1.82) is 0 Å². The minimum absolute atomic E-state index is 0.148. The zero-order valence-corrected chi connectivity index (χ0v) is 19.0. The molecule has 0 aliphatic carbocycles. The predicted molar refractivity (Wildman–Crippen MR) is 130 cm³/mol. The van der Waals surface area contributed by atoms with Gasteiger partial charge < -0.3 is 4.42 Å². The van der Waals surface area contributed by atoms with Gasteiger partial charge in [-0.3, -0.25) is 4.98 Å². The van der Waals surface area contributed by atoms with Crippen LogP contribution in [0.25, 0.3) is 38.9 Å². The van der Waals surface area contributed by atoms with Crippen molar-refractivity contribution in [3.05, 3.63) is 108 Å². The highest BCUT2D eigenvalue weighted by atomic mass is 19.1. The Morgan fingerprint density at radius 3 is 2.46 bits per heavy atom. The standard InChI is InChI=1S/C28H20F2N4O/c1-28(2,24-9-5-7-21(31-24)19-11-13-26(29)32-27(19)30)25-14-15-34(33-25)17-10-12-23-20(16-17)18-6-3-4-8-22(18)35-23/h3-16H,1-2H3. The summed E-state index contributed by atoms with van der Waals surface area (Å²) in [5.41, 5.74) is 4.06. The van der Waals surface area contributed by atoms with Gasteiger partial charge in [-0.1, -0.05) is 24.3 Å². The number of benzene rings is 2. The summed E-state index contributed by atoms with van der Waals surface area (Å²) in [6, 6.07) is 23.7. The molecule has 0 saturated carbocycles. The lowest BCUT2D eigenvalue weighted by Crippen LogP contribution is -2.22. The van der Waals surface area contributed by atoms with E-state index in [1.54, 1.807) is 12.1 Å². The molecule has 0 unspecified atom stereocenters. The van der Waals surface area contributed by atoms with Gasteiger partial charge in [0.1, 0.15) is 11.2 Å². The maximum atomic E-state index is 14.3. The van der Waals surface area contributed by atoms with Crippen LogP contribution in [0, 0.1) is 11.9 Å². The molecule has 6 aromatic rings. The Hall–Kier alpha value is -4.39. The van der Waals surface area contributed by atoms with E-state index in [1.807, 2.05) is 73.3 Å². The van der Waals surface area contributed by atoms with E-state index in [4.69, 9.17) is 9.52 Å². The van der Waals surface area contributed by atoms with Crippen molar-refractivity contribution in [2.45, 2.75) is 19.3 Å². The van der Waals surface area contributed by atoms with E-state index in [-0.39, 0.29) is 5.56 Å². The summed E-state index contributed by atoms with van der Waals surface area (Å²) in [5, 5.41) is 6.92. The van der Waals surface area contributed by atoms with Gasteiger partial charge in [-0.15, -0.1) is 0 Å². The van der Waals surface area contributed by atoms with Crippen LogP contribution in [0.2, 0.25) is 0 Å². The summed E-state index contributed by atoms with van der Waals surface area (Å²) in [7, 11) is 0. The second-order valence-corrected chi connectivity index (χ2v) is 8.93. The van der Waals surface area contributed by atoms with Gasteiger partial charge in [0.15, 0.2) is 0 Å². The van der Waals surface area contributed by atoms with Crippen molar-refractivity contribution in [1.82, 2.24) is 19.7 Å². The van der Waals surface area contributed by atoms with Crippen molar-refractivity contribution in [3.63, 3.8) is 0 Å². The Morgan fingerprint density at radius 1 is 0.771 bits per heavy atom. The van der Waals surface area contributed by atoms with E-state index in [1.165, 1.54) is 6.07 Å². The summed E-state index contributed by atoms with van der Waals surface area (Å²) >= 11 is 0. The highest BCUT2D eigenvalue weighted by Crippen LogP contribution is 2.33. The number of aromatic nitrogens is 4. The summed E-state index contributed by atoms with van der Waals surface area (Å²) in [4.78, 5) is 7.95. The number of furan rings is 1. The molecule has 0 atom stereocenters. The van der Waals surface area contributed by atoms with Crippen LogP contribution >= 0.6 is 0 Å². The first-order valence-corrected chi connectivity index (χ1v) is 11.2. The first kappa shape index (κ1) is 21.2. The lowest BCUT2D eigenvalue weighted by Gasteiger charge is -2.22. The highest BCUT2D eigenvalue weighted by Gasteiger charge is 2.28. The minimum atomic E-state index is -0.890. The normalized spacial score (nSPS) is 12.0. The van der Waals surface area contributed by atoms with Crippen LogP contribution in [0.1, 0.15) is 25.2 Å². The third-order valence-corrected chi connectivity index (χ3v) is 6.33. The average Bonchev–Trinajstić information content (AvgIpc) is 3.49. The van der Waals surface area contributed by atoms with Crippen molar-refractivity contribution < 1.29 is 13.2 Å². The number of halogens is 2. The van der Waals surface area contributed by atoms with E-state index >= 15 is 0 Å². The van der Waals surface area contributed by atoms with Gasteiger partial charge in [-0.2, -0.15) is 18.9 Å². The van der Waals surface area contributed by atoms with E-state index in [0.717, 1.165) is 39.4 Å². The fraction of sp³-hybridized carbons (Fsp3) is 0.107. The van der Waals surface area contributed by atoms with Crippen LogP contribution in [0.3, 0.4) is 0 Å². The fourth-order valence-electron chi connectivity index (χ4n) is 4.32.